The summed E-state index contributed by atoms with van der Waals surface area (Å²) in [6.45, 7) is 1.64. The molecule has 1 fully saturated rings. The van der Waals surface area contributed by atoms with Crippen molar-refractivity contribution < 1.29 is 23.1 Å². The summed E-state index contributed by atoms with van der Waals surface area (Å²) in [7, 11) is -4.08. The van der Waals surface area contributed by atoms with E-state index in [-0.39, 0.29) is 23.3 Å². The highest BCUT2D eigenvalue weighted by Gasteiger charge is 2.43. The van der Waals surface area contributed by atoms with Crippen molar-refractivity contribution >= 4 is 21.9 Å². The molecule has 0 aromatic heterocycles. The number of sulfonamides is 1. The van der Waals surface area contributed by atoms with Crippen molar-refractivity contribution in [2.45, 2.75) is 49.5 Å². The van der Waals surface area contributed by atoms with Crippen molar-refractivity contribution in [3.05, 3.63) is 29.3 Å². The van der Waals surface area contributed by atoms with E-state index in [1.165, 1.54) is 12.1 Å². The number of carbonyl (C=O) groups excluding carboxylic acids is 1. The first-order chi connectivity index (χ1) is 10.7. The monoisotopic (exact) mass is 340 g/mol. The fraction of sp³-hybridized carbons (Fsp3) is 0.467. The van der Waals surface area contributed by atoms with Gasteiger partial charge in [0.15, 0.2) is 0 Å². The third-order valence-corrected chi connectivity index (χ3v) is 5.61. The number of aryl methyl sites for hydroxylation is 1. The molecule has 0 saturated heterocycles. The van der Waals surface area contributed by atoms with Gasteiger partial charge in [0.1, 0.15) is 5.54 Å². The van der Waals surface area contributed by atoms with Gasteiger partial charge in [0.25, 0.3) is 0 Å². The Morgan fingerprint density at radius 1 is 1.17 bits per heavy atom. The van der Waals surface area contributed by atoms with Crippen molar-refractivity contribution in [3.8, 4) is 0 Å². The zero-order valence-electron chi connectivity index (χ0n) is 12.8. The standard InChI is InChI=1S/C15H20N2O5S/c1-10-7-11(13(16)18)9-12(8-10)23(21,22)17-15(14(19)20)5-3-2-4-6-15/h7-9,17H,2-6H2,1H3,(H2,16,18)(H,19,20). The summed E-state index contributed by atoms with van der Waals surface area (Å²) in [4.78, 5) is 22.8. The van der Waals surface area contributed by atoms with Gasteiger partial charge in [0.2, 0.25) is 15.9 Å². The first-order valence-corrected chi connectivity index (χ1v) is 8.83. The highest BCUT2D eigenvalue weighted by Crippen LogP contribution is 2.30. The Morgan fingerprint density at radius 3 is 2.30 bits per heavy atom. The number of hydrogen-bond acceptors (Lipinski definition) is 4. The molecule has 0 bridgehead atoms. The summed E-state index contributed by atoms with van der Waals surface area (Å²) in [5, 5.41) is 9.50. The van der Waals surface area contributed by atoms with Gasteiger partial charge >= 0.3 is 5.97 Å². The lowest BCUT2D eigenvalue weighted by molar-refractivity contribution is -0.145. The van der Waals surface area contributed by atoms with Crippen LogP contribution in [0, 0.1) is 6.92 Å². The van der Waals surface area contributed by atoms with Crippen molar-refractivity contribution in [1.82, 2.24) is 4.72 Å². The molecule has 1 aromatic rings. The molecule has 126 valence electrons. The van der Waals surface area contributed by atoms with Crippen LogP contribution in [0.25, 0.3) is 0 Å². The Hall–Kier alpha value is -1.93. The SMILES string of the molecule is Cc1cc(C(N)=O)cc(S(=O)(=O)NC2(C(=O)O)CCCCC2)c1. The summed E-state index contributed by atoms with van der Waals surface area (Å²) >= 11 is 0. The third kappa shape index (κ3) is 3.70. The molecule has 0 heterocycles. The van der Waals surface area contributed by atoms with Gasteiger partial charge in [-0.3, -0.25) is 9.59 Å². The number of carbonyl (C=O) groups is 2. The second-order valence-electron chi connectivity index (χ2n) is 5.95. The lowest BCUT2D eigenvalue weighted by Crippen LogP contribution is -2.55. The van der Waals surface area contributed by atoms with Crippen LogP contribution in [0.2, 0.25) is 0 Å². The van der Waals surface area contributed by atoms with Gasteiger partial charge in [-0.1, -0.05) is 19.3 Å². The molecule has 0 radical (unpaired) electrons. The molecule has 1 aliphatic carbocycles. The van der Waals surface area contributed by atoms with Gasteiger partial charge < -0.3 is 10.8 Å². The number of amides is 1. The average molecular weight is 340 g/mol. The van der Waals surface area contributed by atoms with E-state index in [2.05, 4.69) is 4.72 Å². The molecule has 2 rings (SSSR count). The van der Waals surface area contributed by atoms with Crippen molar-refractivity contribution in [3.63, 3.8) is 0 Å². The molecule has 0 aliphatic heterocycles. The van der Waals surface area contributed by atoms with Crippen molar-refractivity contribution in [2.24, 2.45) is 5.73 Å². The maximum Gasteiger partial charge on any atom is 0.324 e. The molecule has 1 aromatic carbocycles. The van der Waals surface area contributed by atoms with Crippen LogP contribution < -0.4 is 10.5 Å². The minimum atomic E-state index is -4.08. The van der Waals surface area contributed by atoms with Gasteiger partial charge in [-0.25, -0.2) is 8.42 Å². The first-order valence-electron chi connectivity index (χ1n) is 7.35. The molecule has 1 saturated carbocycles. The van der Waals surface area contributed by atoms with Gasteiger partial charge in [-0.2, -0.15) is 4.72 Å². The predicted molar refractivity (Wildman–Crippen MR) is 83.5 cm³/mol. The van der Waals surface area contributed by atoms with Crippen LogP contribution in [0.15, 0.2) is 23.1 Å². The maximum atomic E-state index is 12.6. The van der Waals surface area contributed by atoms with Gasteiger partial charge in [-0.15, -0.1) is 0 Å². The largest absolute Gasteiger partial charge is 0.480 e. The molecule has 0 unspecified atom stereocenters. The number of rotatable bonds is 5. The van der Waals surface area contributed by atoms with E-state index in [9.17, 15) is 23.1 Å². The number of benzene rings is 1. The number of aliphatic carboxylic acids is 1. The topological polar surface area (TPSA) is 127 Å². The fourth-order valence-electron chi connectivity index (χ4n) is 2.88. The lowest BCUT2D eigenvalue weighted by atomic mass is 9.83. The second kappa shape index (κ2) is 6.29. The number of nitrogens with two attached hydrogens (primary N) is 1. The quantitative estimate of drug-likeness (QED) is 0.741. The number of primary amides is 1. The second-order valence-corrected chi connectivity index (χ2v) is 7.63. The average Bonchev–Trinajstić information content (AvgIpc) is 2.47. The van der Waals surface area contributed by atoms with Crippen LogP contribution in [0.3, 0.4) is 0 Å². The molecule has 8 heteroatoms. The van der Waals surface area contributed by atoms with E-state index in [1.54, 1.807) is 6.92 Å². The van der Waals surface area contributed by atoms with Gasteiger partial charge in [-0.05, 0) is 43.5 Å². The third-order valence-electron chi connectivity index (χ3n) is 4.09. The van der Waals surface area contributed by atoms with E-state index in [0.29, 0.717) is 18.4 Å². The van der Waals surface area contributed by atoms with E-state index in [1.807, 2.05) is 0 Å². The summed E-state index contributed by atoms with van der Waals surface area (Å²) in [6.07, 6.45) is 2.67. The predicted octanol–water partition coefficient (Wildman–Crippen LogP) is 1.16. The summed E-state index contributed by atoms with van der Waals surface area (Å²) < 4.78 is 27.6. The highest BCUT2D eigenvalue weighted by molar-refractivity contribution is 7.89. The summed E-state index contributed by atoms with van der Waals surface area (Å²) in [6, 6.07) is 4.03. The first kappa shape index (κ1) is 17.4. The Bertz CT molecular complexity index is 736. The number of carboxylic acid groups (broad SMARTS) is 1. The number of nitrogens with one attached hydrogen (secondary N) is 1. The normalized spacial score (nSPS) is 17.6. The molecule has 4 N–H and O–H groups in total. The molecular weight excluding hydrogens is 320 g/mol. The number of hydrogen-bond donors (Lipinski definition) is 3. The van der Waals surface area contributed by atoms with E-state index >= 15 is 0 Å². The van der Waals surface area contributed by atoms with Crippen LogP contribution in [0.4, 0.5) is 0 Å². The van der Waals surface area contributed by atoms with E-state index in [0.717, 1.165) is 12.5 Å². The Balaban J connectivity index is 2.42. The van der Waals surface area contributed by atoms with Crippen LogP contribution >= 0.6 is 0 Å². The summed E-state index contributed by atoms with van der Waals surface area (Å²) in [5.74, 6) is -1.92. The number of carboxylic acids is 1. The zero-order valence-corrected chi connectivity index (χ0v) is 13.6. The fourth-order valence-corrected chi connectivity index (χ4v) is 4.42. The van der Waals surface area contributed by atoms with E-state index in [4.69, 9.17) is 5.73 Å². The Labute approximate surface area is 134 Å². The minimum Gasteiger partial charge on any atom is -0.480 e. The molecule has 7 nitrogen and oxygen atoms in total. The smallest absolute Gasteiger partial charge is 0.324 e. The van der Waals surface area contributed by atoms with Gasteiger partial charge in [0.05, 0.1) is 4.90 Å². The van der Waals surface area contributed by atoms with Gasteiger partial charge in [0, 0.05) is 5.56 Å². The van der Waals surface area contributed by atoms with Crippen molar-refractivity contribution in [1.29, 1.82) is 0 Å². The van der Waals surface area contributed by atoms with E-state index < -0.39 is 27.4 Å². The van der Waals surface area contributed by atoms with Crippen LogP contribution in [0.1, 0.15) is 48.0 Å². The summed E-state index contributed by atoms with van der Waals surface area (Å²) in [5.41, 5.74) is 4.33. The Morgan fingerprint density at radius 2 is 1.78 bits per heavy atom. The minimum absolute atomic E-state index is 0.0680. The zero-order chi connectivity index (χ0) is 17.3. The maximum absolute atomic E-state index is 12.6. The van der Waals surface area contributed by atoms with Crippen molar-refractivity contribution in [2.75, 3.05) is 0 Å². The molecular formula is C15H20N2O5S. The Kier molecular flexibility index (Phi) is 4.76. The highest BCUT2D eigenvalue weighted by atomic mass is 32.2. The lowest BCUT2D eigenvalue weighted by Gasteiger charge is -2.33. The molecule has 0 spiro atoms. The molecule has 1 aliphatic rings. The van der Waals surface area contributed by atoms with Crippen LogP contribution in [-0.2, 0) is 14.8 Å². The molecule has 1 amide bonds. The molecule has 0 atom stereocenters. The van der Waals surface area contributed by atoms with Crippen LogP contribution in [0.5, 0.6) is 0 Å². The van der Waals surface area contributed by atoms with Crippen LogP contribution in [-0.4, -0.2) is 30.9 Å². The molecule has 23 heavy (non-hydrogen) atoms.